The number of hydrogen-bond acceptors (Lipinski definition) is 6. The molecule has 0 aliphatic rings. The monoisotopic (exact) mass is 1120 g/mol. The normalized spacial score (nSPS) is 14.5. The number of carbonyl (C=O) groups is 2. The minimum Gasteiger partial charge on any atom is -0.456 e. The van der Waals surface area contributed by atoms with Gasteiger partial charge in [0.15, 0.2) is 0 Å². The van der Waals surface area contributed by atoms with Crippen LogP contribution < -0.4 is 5.32 Å². The Balaban J connectivity index is 5.23. The molecule has 0 aromatic carbocycles. The number of esters is 1. The number of unbranched alkanes of at least 4 members (excludes halogenated alkanes) is 22. The number of rotatable bonds is 56. The molecule has 0 saturated carbocycles. The van der Waals surface area contributed by atoms with E-state index in [2.05, 4.69) is 135 Å². The zero-order chi connectivity index (χ0) is 57.9. The maximum absolute atomic E-state index is 13.5. The van der Waals surface area contributed by atoms with Crippen molar-refractivity contribution in [3.8, 4) is 0 Å². The van der Waals surface area contributed by atoms with Gasteiger partial charge in [-0.3, -0.25) is 18.6 Å². The first-order valence-corrected chi connectivity index (χ1v) is 33.4. The smallest absolute Gasteiger partial charge is 0.456 e. The zero-order valence-corrected chi connectivity index (χ0v) is 52.5. The molecule has 0 rings (SSSR count). The lowest BCUT2D eigenvalue weighted by atomic mass is 10.1. The van der Waals surface area contributed by atoms with Gasteiger partial charge in [-0.25, -0.2) is 4.57 Å². The Morgan fingerprint density at radius 1 is 0.456 bits per heavy atom. The maximum atomic E-state index is 13.5. The molecule has 2 N–H and O–H groups in total. The standard InChI is InChI=1S/C69H119N2O7P/c1-7-10-13-16-19-22-25-27-29-31-32-33-34-35-36-37-38-40-42-44-47-50-53-56-59-62-69(73)78-67(60-57-54-51-48-45-24-21-18-15-12-9-3)66(65-77-79(74,75)76-64-63-71(4,5)6)70-68(72)61-58-55-52-49-46-43-41-39-30-28-26-23-20-17-14-11-8-2/h10,13,19-20,22-23,27-30,32-33,35-36,41,43,49,52,57,60,66-67H,7-9,11-12,14-18,21,24-26,31,34,37-40,42,44-48,50-51,53-56,58-59,61-65H2,1-6H3,(H-,70,72,74,75)/p+1/b13-10-,22-19-,23-20-,29-27-,30-28-,33-32-,36-35-,43-41-,52-49-,60-57-. The van der Waals surface area contributed by atoms with E-state index < -0.39 is 20.0 Å². The number of amides is 1. The van der Waals surface area contributed by atoms with Gasteiger partial charge in [0, 0.05) is 12.8 Å². The molecule has 10 heteroatoms. The maximum Gasteiger partial charge on any atom is 0.472 e. The molecule has 3 unspecified atom stereocenters. The highest BCUT2D eigenvalue weighted by Crippen LogP contribution is 2.43. The second-order valence-electron chi connectivity index (χ2n) is 22.2. The van der Waals surface area contributed by atoms with E-state index in [-0.39, 0.29) is 37.9 Å². The van der Waals surface area contributed by atoms with Crippen LogP contribution in [0.2, 0.25) is 0 Å². The van der Waals surface area contributed by atoms with Crippen LogP contribution in [0.25, 0.3) is 0 Å². The molecule has 79 heavy (non-hydrogen) atoms. The Hall–Kier alpha value is -3.59. The van der Waals surface area contributed by atoms with Gasteiger partial charge in [0.1, 0.15) is 19.3 Å². The molecule has 0 fully saturated rings. The number of nitrogens with zero attached hydrogens (tertiary/aromatic N) is 1. The van der Waals surface area contributed by atoms with Crippen molar-refractivity contribution in [2.45, 2.75) is 264 Å². The van der Waals surface area contributed by atoms with Gasteiger partial charge in [0.2, 0.25) is 5.91 Å². The summed E-state index contributed by atoms with van der Waals surface area (Å²) in [6.07, 6.45) is 80.7. The summed E-state index contributed by atoms with van der Waals surface area (Å²) in [5, 5.41) is 3.02. The van der Waals surface area contributed by atoms with Gasteiger partial charge in [0.25, 0.3) is 0 Å². The van der Waals surface area contributed by atoms with Gasteiger partial charge in [-0.2, -0.15) is 0 Å². The molecule has 452 valence electrons. The van der Waals surface area contributed by atoms with Gasteiger partial charge in [-0.1, -0.05) is 245 Å². The third kappa shape index (κ3) is 58.9. The highest BCUT2D eigenvalue weighted by atomic mass is 31.2. The van der Waals surface area contributed by atoms with Crippen molar-refractivity contribution >= 4 is 19.7 Å². The van der Waals surface area contributed by atoms with Gasteiger partial charge >= 0.3 is 13.8 Å². The quantitative estimate of drug-likeness (QED) is 0.0205. The van der Waals surface area contributed by atoms with E-state index in [1.165, 1.54) is 103 Å². The molecule has 0 spiro atoms. The number of phosphoric ester groups is 1. The second kappa shape index (κ2) is 57.6. The number of allylic oxidation sites excluding steroid dienone is 19. The molecular formula is C69H120N2O7P+. The molecule has 0 bridgehead atoms. The third-order valence-electron chi connectivity index (χ3n) is 13.4. The van der Waals surface area contributed by atoms with Gasteiger partial charge < -0.3 is 19.4 Å². The number of nitrogens with one attached hydrogen (secondary N) is 1. The summed E-state index contributed by atoms with van der Waals surface area (Å²) in [5.74, 6) is -0.585. The zero-order valence-electron chi connectivity index (χ0n) is 51.6. The fourth-order valence-corrected chi connectivity index (χ4v) is 9.22. The fraction of sp³-hybridized carbons (Fsp3) is 0.681. The molecule has 3 atom stereocenters. The van der Waals surface area contributed by atoms with E-state index in [1.54, 1.807) is 0 Å². The molecule has 0 aromatic heterocycles. The highest BCUT2D eigenvalue weighted by Gasteiger charge is 2.30. The minimum atomic E-state index is -4.47. The molecule has 0 radical (unpaired) electrons. The molecular weight excluding hydrogens is 1000 g/mol. The summed E-state index contributed by atoms with van der Waals surface area (Å²) < 4.78 is 30.6. The predicted octanol–water partition coefficient (Wildman–Crippen LogP) is 19.9. The van der Waals surface area contributed by atoms with Gasteiger partial charge in [0.05, 0.1) is 33.8 Å². The van der Waals surface area contributed by atoms with Crippen molar-refractivity contribution in [2.75, 3.05) is 40.9 Å². The SMILES string of the molecule is CC/C=C\C/C=C\C/C=C\C/C=C\C/C=C\CCCCCCCCCCCC(=O)OC(/C=C\CCCCCCCCCCC)C(COP(=O)(O)OCC[N+](C)(C)C)NC(=O)CCC/C=C\C/C=C\C/C=C\C/C=C\CCCCC. The van der Waals surface area contributed by atoms with Gasteiger partial charge in [-0.05, 0) is 115 Å². The summed E-state index contributed by atoms with van der Waals surface area (Å²) in [7, 11) is 1.44. The van der Waals surface area contributed by atoms with Crippen LogP contribution in [0.4, 0.5) is 0 Å². The van der Waals surface area contributed by atoms with E-state index in [1.807, 2.05) is 33.3 Å². The van der Waals surface area contributed by atoms with Crippen LogP contribution in [0.3, 0.4) is 0 Å². The van der Waals surface area contributed by atoms with E-state index in [4.69, 9.17) is 13.8 Å². The molecule has 0 aliphatic heterocycles. The van der Waals surface area contributed by atoms with E-state index in [0.717, 1.165) is 109 Å². The van der Waals surface area contributed by atoms with Crippen molar-refractivity contribution in [3.05, 3.63) is 122 Å². The van der Waals surface area contributed by atoms with E-state index in [0.29, 0.717) is 17.4 Å². The van der Waals surface area contributed by atoms with Crippen LogP contribution >= 0.6 is 7.82 Å². The Kier molecular flexibility index (Phi) is 55.0. The lowest BCUT2D eigenvalue weighted by molar-refractivity contribution is -0.870. The third-order valence-corrected chi connectivity index (χ3v) is 14.4. The number of hydrogen-bond donors (Lipinski definition) is 2. The molecule has 9 nitrogen and oxygen atoms in total. The molecule has 0 heterocycles. The van der Waals surface area contributed by atoms with E-state index in [9.17, 15) is 19.0 Å². The largest absolute Gasteiger partial charge is 0.472 e. The Labute approximate surface area is 486 Å². The molecule has 0 saturated heterocycles. The lowest BCUT2D eigenvalue weighted by Crippen LogP contribution is -2.47. The van der Waals surface area contributed by atoms with Crippen LogP contribution in [0.5, 0.6) is 0 Å². The summed E-state index contributed by atoms with van der Waals surface area (Å²) >= 11 is 0. The van der Waals surface area contributed by atoms with Crippen molar-refractivity contribution in [1.29, 1.82) is 0 Å². The number of carbonyl (C=O) groups excluding carboxylic acids is 2. The molecule has 0 aliphatic carbocycles. The second-order valence-corrected chi connectivity index (χ2v) is 23.6. The summed E-state index contributed by atoms with van der Waals surface area (Å²) in [4.78, 5) is 37.7. The minimum absolute atomic E-state index is 0.0231. The van der Waals surface area contributed by atoms with Crippen LogP contribution in [0.15, 0.2) is 122 Å². The first-order valence-electron chi connectivity index (χ1n) is 31.9. The van der Waals surface area contributed by atoms with Crippen molar-refractivity contribution in [3.63, 3.8) is 0 Å². The molecule has 1 amide bonds. The summed E-state index contributed by atoms with van der Waals surface area (Å²) in [6.45, 7) is 6.80. The fourth-order valence-electron chi connectivity index (χ4n) is 8.49. The Morgan fingerprint density at radius 3 is 1.27 bits per heavy atom. The predicted molar refractivity (Wildman–Crippen MR) is 341 cm³/mol. The van der Waals surface area contributed by atoms with Crippen LogP contribution in [0, 0.1) is 0 Å². The number of quaternary nitrogens is 1. The number of ether oxygens (including phenoxy) is 1. The van der Waals surface area contributed by atoms with Crippen molar-refractivity contribution < 1.29 is 37.3 Å². The Bertz CT molecular complexity index is 1770. The van der Waals surface area contributed by atoms with Gasteiger partial charge in [-0.15, -0.1) is 0 Å². The first-order chi connectivity index (χ1) is 38.4. The average Bonchev–Trinajstić information content (AvgIpc) is 3.41. The van der Waals surface area contributed by atoms with Crippen LogP contribution in [-0.4, -0.2) is 74.3 Å². The number of likely N-dealkylation sites (N-methyl/N-ethyl adjacent to an activating group) is 1. The number of phosphoric acid groups is 1. The lowest BCUT2D eigenvalue weighted by Gasteiger charge is -2.27. The van der Waals surface area contributed by atoms with Crippen molar-refractivity contribution in [1.82, 2.24) is 5.32 Å². The van der Waals surface area contributed by atoms with Crippen molar-refractivity contribution in [2.24, 2.45) is 0 Å². The average molecular weight is 1120 g/mol. The van der Waals surface area contributed by atoms with Crippen LogP contribution in [0.1, 0.15) is 252 Å². The Morgan fingerprint density at radius 2 is 0.823 bits per heavy atom. The van der Waals surface area contributed by atoms with E-state index >= 15 is 0 Å². The first kappa shape index (κ1) is 75.4. The highest BCUT2D eigenvalue weighted by molar-refractivity contribution is 7.47. The van der Waals surface area contributed by atoms with Crippen LogP contribution in [-0.2, 0) is 27.9 Å². The topological polar surface area (TPSA) is 111 Å². The summed E-state index contributed by atoms with van der Waals surface area (Å²) in [5.41, 5.74) is 0. The summed E-state index contributed by atoms with van der Waals surface area (Å²) in [6, 6.07) is -0.887. The molecule has 0 aromatic rings.